The molecule has 166 valence electrons. The lowest BCUT2D eigenvalue weighted by Crippen LogP contribution is -2.23. The molecule has 32 heavy (non-hydrogen) atoms. The van der Waals surface area contributed by atoms with Crippen molar-refractivity contribution in [1.82, 2.24) is 24.1 Å². The number of aromatic nitrogens is 5. The van der Waals surface area contributed by atoms with Crippen LogP contribution in [0.5, 0.6) is 0 Å². The molecule has 1 aromatic carbocycles. The third-order valence-corrected chi connectivity index (χ3v) is 6.35. The molecular formula is C19H13F4N5O3S. The number of benzene rings is 1. The minimum atomic E-state index is -4.79. The van der Waals surface area contributed by atoms with Crippen LogP contribution in [0.25, 0.3) is 22.6 Å². The molecule has 0 spiro atoms. The second kappa shape index (κ2) is 7.51. The molecule has 0 unspecified atom stereocenters. The zero-order chi connectivity index (χ0) is 23.3. The molecule has 0 saturated heterocycles. The number of nitrogens with zero attached hydrogens (tertiary/aromatic N) is 5. The smallest absolute Gasteiger partial charge is 0.246 e. The van der Waals surface area contributed by atoms with Crippen molar-refractivity contribution in [3.63, 3.8) is 0 Å². The normalized spacial score (nSPS) is 12.4. The summed E-state index contributed by atoms with van der Waals surface area (Å²) in [7, 11) is -3.94. The van der Waals surface area contributed by atoms with Crippen LogP contribution in [-0.2, 0) is 16.0 Å². The molecule has 13 heteroatoms. The Labute approximate surface area is 177 Å². The van der Waals surface area contributed by atoms with Gasteiger partial charge in [-0.25, -0.2) is 32.0 Å². The van der Waals surface area contributed by atoms with E-state index in [0.717, 1.165) is 6.20 Å². The first kappa shape index (κ1) is 21.6. The SMILES string of the molecule is CCS(=O)(=O)c1cc(-c2ccc(F)cc2)cnc1-n1nc2cnc(C(F)(F)F)cn2c1=O. The Hall–Kier alpha value is -3.61. The number of sulfone groups is 1. The van der Waals surface area contributed by atoms with Crippen molar-refractivity contribution >= 4 is 15.5 Å². The fourth-order valence-electron chi connectivity index (χ4n) is 2.95. The minimum absolute atomic E-state index is 0.229. The van der Waals surface area contributed by atoms with Gasteiger partial charge in [0.15, 0.2) is 27.0 Å². The highest BCUT2D eigenvalue weighted by Gasteiger charge is 2.33. The number of fused-ring (bicyclic) bond motifs is 1. The molecule has 0 aliphatic rings. The van der Waals surface area contributed by atoms with E-state index in [0.29, 0.717) is 26.4 Å². The van der Waals surface area contributed by atoms with Crippen LogP contribution < -0.4 is 5.69 Å². The summed E-state index contributed by atoms with van der Waals surface area (Å²) >= 11 is 0. The van der Waals surface area contributed by atoms with Crippen molar-refractivity contribution in [3.05, 3.63) is 70.9 Å². The standard InChI is InChI=1S/C19H13F4N5O3S/c1-2-32(30,31)14-7-12(11-3-5-13(20)6-4-11)8-25-17(14)28-18(29)27-10-15(19(21,22)23)24-9-16(27)26-28/h3-10H,2H2,1H3. The number of hydrogen-bond donors (Lipinski definition) is 0. The molecule has 0 aliphatic heterocycles. The molecule has 0 saturated carbocycles. The largest absolute Gasteiger partial charge is 0.434 e. The fourth-order valence-corrected chi connectivity index (χ4v) is 3.99. The van der Waals surface area contributed by atoms with Crippen LogP contribution in [0.2, 0.25) is 0 Å². The van der Waals surface area contributed by atoms with Gasteiger partial charge < -0.3 is 0 Å². The van der Waals surface area contributed by atoms with Crippen molar-refractivity contribution in [1.29, 1.82) is 0 Å². The molecule has 0 atom stereocenters. The van der Waals surface area contributed by atoms with E-state index in [2.05, 4.69) is 15.1 Å². The number of hydrogen-bond acceptors (Lipinski definition) is 6. The van der Waals surface area contributed by atoms with Gasteiger partial charge in [-0.2, -0.15) is 17.9 Å². The van der Waals surface area contributed by atoms with Gasteiger partial charge >= 0.3 is 11.9 Å². The maximum absolute atomic E-state index is 13.2. The van der Waals surface area contributed by atoms with E-state index < -0.39 is 33.2 Å². The predicted octanol–water partition coefficient (Wildman–Crippen LogP) is 2.89. The summed E-state index contributed by atoms with van der Waals surface area (Å²) in [5.74, 6) is -1.20. The van der Waals surface area contributed by atoms with Gasteiger partial charge in [0, 0.05) is 18.0 Å². The van der Waals surface area contributed by atoms with Crippen LogP contribution in [0.15, 0.2) is 58.6 Å². The topological polar surface area (TPSA) is 99.2 Å². The molecule has 0 amide bonds. The molecular weight excluding hydrogens is 454 g/mol. The lowest BCUT2D eigenvalue weighted by molar-refractivity contribution is -0.141. The van der Waals surface area contributed by atoms with Gasteiger partial charge in [0.1, 0.15) is 10.7 Å². The van der Waals surface area contributed by atoms with E-state index >= 15 is 0 Å². The lowest BCUT2D eigenvalue weighted by atomic mass is 10.1. The highest BCUT2D eigenvalue weighted by atomic mass is 32.2. The maximum atomic E-state index is 13.2. The monoisotopic (exact) mass is 467 g/mol. The molecule has 0 aliphatic carbocycles. The maximum Gasteiger partial charge on any atom is 0.434 e. The van der Waals surface area contributed by atoms with E-state index in [4.69, 9.17) is 0 Å². The summed E-state index contributed by atoms with van der Waals surface area (Å²) in [6.07, 6.45) is -2.31. The number of pyridine rings is 1. The third-order valence-electron chi connectivity index (χ3n) is 4.62. The van der Waals surface area contributed by atoms with Crippen LogP contribution in [-0.4, -0.2) is 38.3 Å². The molecule has 4 aromatic rings. The third kappa shape index (κ3) is 3.75. The van der Waals surface area contributed by atoms with Crippen LogP contribution in [0, 0.1) is 5.82 Å². The zero-order valence-electron chi connectivity index (χ0n) is 16.2. The van der Waals surface area contributed by atoms with Crippen molar-refractivity contribution in [2.24, 2.45) is 0 Å². The first-order chi connectivity index (χ1) is 15.0. The van der Waals surface area contributed by atoms with Gasteiger partial charge in [-0.1, -0.05) is 19.1 Å². The summed E-state index contributed by atoms with van der Waals surface area (Å²) < 4.78 is 78.8. The highest BCUT2D eigenvalue weighted by Crippen LogP contribution is 2.28. The molecule has 0 bridgehead atoms. The quantitative estimate of drug-likeness (QED) is 0.428. The minimum Gasteiger partial charge on any atom is -0.246 e. The van der Waals surface area contributed by atoms with Crippen molar-refractivity contribution in [2.75, 3.05) is 5.75 Å². The molecule has 0 radical (unpaired) electrons. The van der Waals surface area contributed by atoms with Gasteiger partial charge in [0.2, 0.25) is 0 Å². The van der Waals surface area contributed by atoms with Gasteiger partial charge in [-0.15, -0.1) is 5.10 Å². The first-order valence-electron chi connectivity index (χ1n) is 9.05. The van der Waals surface area contributed by atoms with E-state index in [1.165, 1.54) is 43.5 Å². The Morgan fingerprint density at radius 1 is 1.03 bits per heavy atom. The van der Waals surface area contributed by atoms with Crippen LogP contribution in [0.1, 0.15) is 12.6 Å². The van der Waals surface area contributed by atoms with Crippen LogP contribution in [0.3, 0.4) is 0 Å². The summed E-state index contributed by atoms with van der Waals surface area (Å²) in [5.41, 5.74) is -1.79. The molecule has 8 nitrogen and oxygen atoms in total. The van der Waals surface area contributed by atoms with E-state index in [1.54, 1.807) is 0 Å². The Bertz CT molecular complexity index is 1490. The first-order valence-corrected chi connectivity index (χ1v) is 10.7. The Morgan fingerprint density at radius 2 is 1.72 bits per heavy atom. The van der Waals surface area contributed by atoms with E-state index in [1.807, 2.05) is 0 Å². The highest BCUT2D eigenvalue weighted by molar-refractivity contribution is 7.91. The molecule has 3 heterocycles. The predicted molar refractivity (Wildman–Crippen MR) is 105 cm³/mol. The van der Waals surface area contributed by atoms with Crippen molar-refractivity contribution < 1.29 is 26.0 Å². The second-order valence-electron chi connectivity index (χ2n) is 6.65. The summed E-state index contributed by atoms with van der Waals surface area (Å²) in [6.45, 7) is 1.38. The number of halogens is 4. The summed E-state index contributed by atoms with van der Waals surface area (Å²) in [5, 5.41) is 3.89. The van der Waals surface area contributed by atoms with Crippen LogP contribution in [0.4, 0.5) is 17.6 Å². The van der Waals surface area contributed by atoms with Crippen molar-refractivity contribution in [3.8, 4) is 16.9 Å². The van der Waals surface area contributed by atoms with Gasteiger partial charge in [-0.05, 0) is 23.8 Å². The van der Waals surface area contributed by atoms with Gasteiger partial charge in [0.25, 0.3) is 0 Å². The van der Waals surface area contributed by atoms with Crippen molar-refractivity contribution in [2.45, 2.75) is 18.0 Å². The molecule has 0 N–H and O–H groups in total. The average Bonchev–Trinajstić information content (AvgIpc) is 3.09. The van der Waals surface area contributed by atoms with Crippen LogP contribution >= 0.6 is 0 Å². The molecule has 3 aromatic heterocycles. The fraction of sp³-hybridized carbons (Fsp3) is 0.158. The second-order valence-corrected chi connectivity index (χ2v) is 8.90. The zero-order valence-corrected chi connectivity index (χ0v) is 17.0. The summed E-state index contributed by atoms with van der Waals surface area (Å²) in [6, 6.07) is 6.49. The summed E-state index contributed by atoms with van der Waals surface area (Å²) in [4.78, 5) is 19.7. The Kier molecular flexibility index (Phi) is 5.07. The Morgan fingerprint density at radius 3 is 2.34 bits per heavy atom. The van der Waals surface area contributed by atoms with Gasteiger partial charge in [0.05, 0.1) is 11.9 Å². The number of rotatable bonds is 4. The molecule has 0 fully saturated rings. The van der Waals surface area contributed by atoms with Gasteiger partial charge in [-0.3, -0.25) is 0 Å². The lowest BCUT2D eigenvalue weighted by Gasteiger charge is -2.10. The Balaban J connectivity index is 1.95. The number of alkyl halides is 3. The van der Waals surface area contributed by atoms with E-state index in [-0.39, 0.29) is 22.1 Å². The van der Waals surface area contributed by atoms with E-state index in [9.17, 15) is 30.8 Å². The average molecular weight is 467 g/mol. The molecule has 4 rings (SSSR count).